The molecule has 1 fully saturated rings. The third-order valence-electron chi connectivity index (χ3n) is 4.65. The minimum Gasteiger partial charge on any atom is -0.311 e. The molecule has 2 heterocycles. The van der Waals surface area contributed by atoms with E-state index in [-0.39, 0.29) is 5.54 Å². The fourth-order valence-corrected chi connectivity index (χ4v) is 3.49. The summed E-state index contributed by atoms with van der Waals surface area (Å²) >= 11 is 0. The lowest BCUT2D eigenvalue weighted by Gasteiger charge is -2.44. The summed E-state index contributed by atoms with van der Waals surface area (Å²) in [5, 5.41) is 3.52. The van der Waals surface area contributed by atoms with E-state index in [1.54, 1.807) is 0 Å². The minimum absolute atomic E-state index is 0.106. The lowest BCUT2D eigenvalue weighted by Crippen LogP contribution is -2.52. The molecule has 2 rings (SSSR count). The predicted octanol–water partition coefficient (Wildman–Crippen LogP) is 3.31. The van der Waals surface area contributed by atoms with Gasteiger partial charge < -0.3 is 5.32 Å². The number of hydrogen-bond acceptors (Lipinski definition) is 3. The molecule has 0 bridgehead atoms. The Hall–Kier alpha value is -0.930. The number of pyridine rings is 1. The highest BCUT2D eigenvalue weighted by Crippen LogP contribution is 2.32. The zero-order valence-electron chi connectivity index (χ0n) is 13.4. The van der Waals surface area contributed by atoms with Crippen molar-refractivity contribution in [2.24, 2.45) is 0 Å². The van der Waals surface area contributed by atoms with Crippen molar-refractivity contribution < 1.29 is 0 Å². The normalized spacial score (nSPS) is 19.6. The fourth-order valence-electron chi connectivity index (χ4n) is 3.49. The van der Waals surface area contributed by atoms with E-state index in [4.69, 9.17) is 0 Å². The van der Waals surface area contributed by atoms with Crippen molar-refractivity contribution in [1.29, 1.82) is 0 Å². The molecule has 0 aliphatic carbocycles. The Balaban J connectivity index is 2.23. The molecule has 0 radical (unpaired) electrons. The van der Waals surface area contributed by atoms with Crippen molar-refractivity contribution in [3.05, 3.63) is 29.6 Å². The molecular weight excluding hydrogens is 246 g/mol. The lowest BCUT2D eigenvalue weighted by atomic mass is 9.87. The maximum atomic E-state index is 4.37. The van der Waals surface area contributed by atoms with Gasteiger partial charge in [0.05, 0.1) is 6.04 Å². The average Bonchev–Trinajstić information content (AvgIpc) is 2.68. The maximum Gasteiger partial charge on any atom is 0.0514 e. The van der Waals surface area contributed by atoms with Crippen LogP contribution in [0.2, 0.25) is 0 Å². The Labute approximate surface area is 123 Å². The van der Waals surface area contributed by atoms with E-state index in [1.165, 1.54) is 49.9 Å². The summed E-state index contributed by atoms with van der Waals surface area (Å²) in [6.45, 7) is 9.26. The third-order valence-corrected chi connectivity index (χ3v) is 4.65. The Morgan fingerprint density at radius 3 is 2.35 bits per heavy atom. The first-order chi connectivity index (χ1) is 9.55. The first-order valence-electron chi connectivity index (χ1n) is 7.89. The molecule has 20 heavy (non-hydrogen) atoms. The van der Waals surface area contributed by atoms with E-state index < -0.39 is 0 Å². The number of likely N-dealkylation sites (tertiary alicyclic amines) is 1. The Morgan fingerprint density at radius 1 is 1.15 bits per heavy atom. The fraction of sp³-hybridized carbons (Fsp3) is 0.706. The summed E-state index contributed by atoms with van der Waals surface area (Å²) in [6.07, 6.45) is 9.34. The molecular formula is C17H29N3. The molecule has 3 nitrogen and oxygen atoms in total. The predicted molar refractivity (Wildman–Crippen MR) is 84.9 cm³/mol. The molecule has 1 aliphatic heterocycles. The standard InChI is InChI=1S/C17H29N3/c1-14-11-15(13-19-12-14)16(18-4)17(2,3)20-9-7-5-6-8-10-20/h11-13,16,18H,5-10H2,1-4H3. The molecule has 3 heteroatoms. The van der Waals surface area contributed by atoms with Crippen molar-refractivity contribution in [2.75, 3.05) is 20.1 Å². The highest BCUT2D eigenvalue weighted by Gasteiger charge is 2.35. The molecule has 1 aliphatic rings. The van der Waals surface area contributed by atoms with Gasteiger partial charge in [-0.25, -0.2) is 0 Å². The number of hydrogen-bond donors (Lipinski definition) is 1. The van der Waals surface area contributed by atoms with E-state index in [0.29, 0.717) is 6.04 Å². The topological polar surface area (TPSA) is 28.2 Å². The molecule has 1 unspecified atom stereocenters. The van der Waals surface area contributed by atoms with Gasteiger partial charge in [0.1, 0.15) is 0 Å². The van der Waals surface area contributed by atoms with Crippen LogP contribution in [0.4, 0.5) is 0 Å². The van der Waals surface area contributed by atoms with Crippen LogP contribution in [0.25, 0.3) is 0 Å². The zero-order valence-corrected chi connectivity index (χ0v) is 13.4. The SMILES string of the molecule is CNC(c1cncc(C)c1)C(C)(C)N1CCCCCC1. The number of likely N-dealkylation sites (N-methyl/N-ethyl adjacent to an activating group) is 1. The summed E-state index contributed by atoms with van der Waals surface area (Å²) in [6, 6.07) is 2.57. The summed E-state index contributed by atoms with van der Waals surface area (Å²) in [5.74, 6) is 0. The van der Waals surface area contributed by atoms with Crippen molar-refractivity contribution >= 4 is 0 Å². The van der Waals surface area contributed by atoms with Gasteiger partial charge in [-0.3, -0.25) is 9.88 Å². The van der Waals surface area contributed by atoms with Crippen LogP contribution in [0, 0.1) is 6.92 Å². The van der Waals surface area contributed by atoms with Crippen molar-refractivity contribution in [3.63, 3.8) is 0 Å². The number of rotatable bonds is 4. The number of aryl methyl sites for hydroxylation is 1. The van der Waals surface area contributed by atoms with Gasteiger partial charge in [-0.2, -0.15) is 0 Å². The van der Waals surface area contributed by atoms with Crippen molar-refractivity contribution in [2.45, 2.75) is 58.0 Å². The van der Waals surface area contributed by atoms with Crippen LogP contribution in [0.15, 0.2) is 18.5 Å². The summed E-state index contributed by atoms with van der Waals surface area (Å²) < 4.78 is 0. The monoisotopic (exact) mass is 275 g/mol. The second-order valence-corrected chi connectivity index (χ2v) is 6.57. The van der Waals surface area contributed by atoms with Crippen LogP contribution in [0.1, 0.15) is 56.7 Å². The van der Waals surface area contributed by atoms with Crippen LogP contribution in [-0.2, 0) is 0 Å². The molecule has 1 atom stereocenters. The quantitative estimate of drug-likeness (QED) is 0.914. The lowest BCUT2D eigenvalue weighted by molar-refractivity contribution is 0.0863. The first kappa shape index (κ1) is 15.5. The minimum atomic E-state index is 0.106. The second kappa shape index (κ2) is 6.68. The van der Waals surface area contributed by atoms with Gasteiger partial charge in [0.25, 0.3) is 0 Å². The Bertz CT molecular complexity index is 420. The molecule has 1 aromatic heterocycles. The first-order valence-corrected chi connectivity index (χ1v) is 7.89. The van der Waals surface area contributed by atoms with Gasteiger partial charge in [0, 0.05) is 17.9 Å². The van der Waals surface area contributed by atoms with Gasteiger partial charge in [-0.05, 0) is 64.9 Å². The van der Waals surface area contributed by atoms with E-state index in [2.05, 4.69) is 49.1 Å². The summed E-state index contributed by atoms with van der Waals surface area (Å²) in [4.78, 5) is 7.03. The van der Waals surface area contributed by atoms with Gasteiger partial charge in [-0.15, -0.1) is 0 Å². The Morgan fingerprint density at radius 2 is 1.80 bits per heavy atom. The molecule has 1 aromatic rings. The van der Waals surface area contributed by atoms with Crippen molar-refractivity contribution in [1.82, 2.24) is 15.2 Å². The molecule has 0 spiro atoms. The number of nitrogens with one attached hydrogen (secondary N) is 1. The second-order valence-electron chi connectivity index (χ2n) is 6.57. The van der Waals surface area contributed by atoms with Gasteiger partial charge in [0.2, 0.25) is 0 Å². The number of aromatic nitrogens is 1. The van der Waals surface area contributed by atoms with E-state index in [1.807, 2.05) is 12.4 Å². The number of nitrogens with zero attached hydrogens (tertiary/aromatic N) is 2. The molecule has 112 valence electrons. The molecule has 0 amide bonds. The van der Waals surface area contributed by atoms with Crippen LogP contribution < -0.4 is 5.32 Å². The van der Waals surface area contributed by atoms with Crippen molar-refractivity contribution in [3.8, 4) is 0 Å². The maximum absolute atomic E-state index is 4.37. The van der Waals surface area contributed by atoms with E-state index in [9.17, 15) is 0 Å². The van der Waals surface area contributed by atoms with Crippen LogP contribution >= 0.6 is 0 Å². The van der Waals surface area contributed by atoms with Crippen LogP contribution in [0.3, 0.4) is 0 Å². The summed E-state index contributed by atoms with van der Waals surface area (Å²) in [5.41, 5.74) is 2.63. The van der Waals surface area contributed by atoms with Crippen LogP contribution in [0.5, 0.6) is 0 Å². The van der Waals surface area contributed by atoms with Gasteiger partial charge in [0.15, 0.2) is 0 Å². The van der Waals surface area contributed by atoms with Crippen LogP contribution in [-0.4, -0.2) is 35.6 Å². The highest BCUT2D eigenvalue weighted by atomic mass is 15.2. The third kappa shape index (κ3) is 3.39. The van der Waals surface area contributed by atoms with E-state index in [0.717, 1.165) is 0 Å². The molecule has 1 saturated heterocycles. The molecule has 0 aromatic carbocycles. The average molecular weight is 275 g/mol. The smallest absolute Gasteiger partial charge is 0.0514 e. The summed E-state index contributed by atoms with van der Waals surface area (Å²) in [7, 11) is 2.06. The largest absolute Gasteiger partial charge is 0.311 e. The Kier molecular flexibility index (Phi) is 5.17. The van der Waals surface area contributed by atoms with Gasteiger partial charge in [-0.1, -0.05) is 18.9 Å². The molecule has 0 saturated carbocycles. The van der Waals surface area contributed by atoms with Gasteiger partial charge >= 0.3 is 0 Å². The van der Waals surface area contributed by atoms with E-state index >= 15 is 0 Å². The molecule has 1 N–H and O–H groups in total. The highest BCUT2D eigenvalue weighted by molar-refractivity contribution is 5.23. The zero-order chi connectivity index (χ0) is 14.6.